The summed E-state index contributed by atoms with van der Waals surface area (Å²) < 4.78 is 0. The molecule has 0 atom stereocenters. The van der Waals surface area contributed by atoms with Crippen molar-refractivity contribution in [2.24, 2.45) is 5.92 Å². The fourth-order valence-corrected chi connectivity index (χ4v) is 2.65. The number of rotatable bonds is 6. The van der Waals surface area contributed by atoms with Gasteiger partial charge < -0.3 is 10.2 Å². The highest BCUT2D eigenvalue weighted by Crippen LogP contribution is 2.25. The Hall–Kier alpha value is -0.0800. The second kappa shape index (κ2) is 5.86. The highest BCUT2D eigenvalue weighted by atomic mass is 15.2. The number of hydrogen-bond donors (Lipinski definition) is 1. The lowest BCUT2D eigenvalue weighted by Crippen LogP contribution is -2.33. The molecule has 2 fully saturated rings. The molecule has 0 aromatic rings. The lowest BCUT2D eigenvalue weighted by molar-refractivity contribution is 0.302. The van der Waals surface area contributed by atoms with Gasteiger partial charge in [0.05, 0.1) is 0 Å². The second-order valence-electron chi connectivity index (χ2n) is 5.42. The van der Waals surface area contributed by atoms with Crippen LogP contribution >= 0.6 is 0 Å². The van der Waals surface area contributed by atoms with Crippen molar-refractivity contribution in [3.8, 4) is 0 Å². The minimum atomic E-state index is 0.918. The van der Waals surface area contributed by atoms with Crippen molar-refractivity contribution in [1.82, 2.24) is 10.2 Å². The van der Waals surface area contributed by atoms with Crippen LogP contribution in [0.2, 0.25) is 0 Å². The minimum Gasteiger partial charge on any atom is -0.315 e. The molecule has 0 aliphatic heterocycles. The Kier molecular flexibility index (Phi) is 4.45. The maximum atomic E-state index is 3.63. The van der Waals surface area contributed by atoms with E-state index in [2.05, 4.69) is 17.3 Å². The van der Waals surface area contributed by atoms with Crippen LogP contribution in [0.15, 0.2) is 0 Å². The van der Waals surface area contributed by atoms with E-state index in [0.717, 1.165) is 12.0 Å². The van der Waals surface area contributed by atoms with Gasteiger partial charge in [0.25, 0.3) is 0 Å². The topological polar surface area (TPSA) is 15.3 Å². The van der Waals surface area contributed by atoms with Crippen LogP contribution in [0, 0.1) is 5.92 Å². The molecule has 0 heterocycles. The normalized spacial score (nSPS) is 23.6. The first kappa shape index (κ1) is 11.4. The maximum Gasteiger partial charge on any atom is 0.0107 e. The van der Waals surface area contributed by atoms with Gasteiger partial charge in [-0.15, -0.1) is 0 Å². The van der Waals surface area contributed by atoms with Gasteiger partial charge in [-0.3, -0.25) is 0 Å². The van der Waals surface area contributed by atoms with Crippen molar-refractivity contribution < 1.29 is 0 Å². The first-order chi connectivity index (χ1) is 7.36. The summed E-state index contributed by atoms with van der Waals surface area (Å²) in [5.41, 5.74) is 0. The fourth-order valence-electron chi connectivity index (χ4n) is 2.65. The van der Waals surface area contributed by atoms with Gasteiger partial charge in [-0.2, -0.15) is 0 Å². The van der Waals surface area contributed by atoms with Crippen LogP contribution in [0.25, 0.3) is 0 Å². The van der Waals surface area contributed by atoms with Crippen LogP contribution in [0.5, 0.6) is 0 Å². The van der Waals surface area contributed by atoms with Crippen LogP contribution in [0.3, 0.4) is 0 Å². The van der Waals surface area contributed by atoms with E-state index in [1.54, 1.807) is 0 Å². The molecule has 0 amide bonds. The first-order valence-electron chi connectivity index (χ1n) is 6.77. The number of nitrogens with zero attached hydrogens (tertiary/aromatic N) is 1. The molecule has 0 radical (unpaired) electrons. The summed E-state index contributed by atoms with van der Waals surface area (Å²) in [7, 11) is 2.26. The third-order valence-electron chi connectivity index (χ3n) is 3.97. The highest BCUT2D eigenvalue weighted by molar-refractivity contribution is 4.82. The summed E-state index contributed by atoms with van der Waals surface area (Å²) in [5.74, 6) is 0.977. The van der Waals surface area contributed by atoms with Crippen molar-refractivity contribution in [3.63, 3.8) is 0 Å². The van der Waals surface area contributed by atoms with E-state index in [1.807, 2.05) is 0 Å². The molecule has 0 saturated heterocycles. The fraction of sp³-hybridized carbons (Fsp3) is 1.00. The van der Waals surface area contributed by atoms with Crippen LogP contribution in [-0.4, -0.2) is 37.6 Å². The lowest BCUT2D eigenvalue weighted by Gasteiger charge is -2.22. The zero-order valence-electron chi connectivity index (χ0n) is 10.2. The van der Waals surface area contributed by atoms with Crippen molar-refractivity contribution in [2.75, 3.05) is 26.7 Å². The molecule has 2 rings (SSSR count). The molecule has 2 aliphatic rings. The molecule has 0 aromatic heterocycles. The molecule has 0 aromatic carbocycles. The molecule has 88 valence electrons. The Morgan fingerprint density at radius 1 is 1.07 bits per heavy atom. The zero-order chi connectivity index (χ0) is 10.5. The van der Waals surface area contributed by atoms with Gasteiger partial charge >= 0.3 is 0 Å². The monoisotopic (exact) mass is 210 g/mol. The molecule has 0 spiro atoms. The molecular weight excluding hydrogens is 184 g/mol. The van der Waals surface area contributed by atoms with E-state index in [0.29, 0.717) is 0 Å². The van der Waals surface area contributed by atoms with Gasteiger partial charge in [0.15, 0.2) is 0 Å². The molecule has 2 heteroatoms. The van der Waals surface area contributed by atoms with Gasteiger partial charge in [-0.05, 0) is 45.2 Å². The van der Waals surface area contributed by atoms with Gasteiger partial charge in [-0.1, -0.05) is 19.3 Å². The molecule has 2 saturated carbocycles. The smallest absolute Gasteiger partial charge is 0.0107 e. The number of likely N-dealkylation sites (N-methyl/N-ethyl adjacent to an activating group) is 1. The average Bonchev–Trinajstić information content (AvgIpc) is 3.09. The van der Waals surface area contributed by atoms with E-state index in [-0.39, 0.29) is 0 Å². The van der Waals surface area contributed by atoms with Gasteiger partial charge in [-0.25, -0.2) is 0 Å². The van der Waals surface area contributed by atoms with Gasteiger partial charge in [0.1, 0.15) is 0 Å². The second-order valence-corrected chi connectivity index (χ2v) is 5.42. The van der Waals surface area contributed by atoms with Crippen molar-refractivity contribution >= 4 is 0 Å². The SMILES string of the molecule is CN(CCNCC1CCCCC1)C1CC1. The zero-order valence-corrected chi connectivity index (χ0v) is 10.2. The Bertz CT molecular complexity index is 171. The van der Waals surface area contributed by atoms with E-state index in [1.165, 1.54) is 64.6 Å². The summed E-state index contributed by atoms with van der Waals surface area (Å²) in [6.07, 6.45) is 10.2. The van der Waals surface area contributed by atoms with Crippen molar-refractivity contribution in [1.29, 1.82) is 0 Å². The van der Waals surface area contributed by atoms with E-state index in [4.69, 9.17) is 0 Å². The molecule has 15 heavy (non-hydrogen) atoms. The Morgan fingerprint density at radius 2 is 1.80 bits per heavy atom. The Balaban J connectivity index is 1.46. The van der Waals surface area contributed by atoms with E-state index in [9.17, 15) is 0 Å². The van der Waals surface area contributed by atoms with E-state index >= 15 is 0 Å². The largest absolute Gasteiger partial charge is 0.315 e. The Labute approximate surface area is 94.4 Å². The van der Waals surface area contributed by atoms with Crippen LogP contribution < -0.4 is 5.32 Å². The summed E-state index contributed by atoms with van der Waals surface area (Å²) in [5, 5.41) is 3.63. The van der Waals surface area contributed by atoms with Crippen molar-refractivity contribution in [2.45, 2.75) is 51.0 Å². The number of hydrogen-bond acceptors (Lipinski definition) is 2. The predicted octanol–water partition coefficient (Wildman–Crippen LogP) is 2.25. The highest BCUT2D eigenvalue weighted by Gasteiger charge is 2.25. The molecule has 2 nitrogen and oxygen atoms in total. The number of nitrogens with one attached hydrogen (secondary N) is 1. The van der Waals surface area contributed by atoms with Crippen molar-refractivity contribution in [3.05, 3.63) is 0 Å². The van der Waals surface area contributed by atoms with Crippen LogP contribution in [0.1, 0.15) is 44.9 Å². The molecule has 0 unspecified atom stereocenters. The van der Waals surface area contributed by atoms with Crippen LogP contribution in [0.4, 0.5) is 0 Å². The third kappa shape index (κ3) is 4.12. The Morgan fingerprint density at radius 3 is 2.47 bits per heavy atom. The van der Waals surface area contributed by atoms with Gasteiger partial charge in [0, 0.05) is 19.1 Å². The minimum absolute atomic E-state index is 0.918. The predicted molar refractivity (Wildman–Crippen MR) is 65.1 cm³/mol. The molecular formula is C13H26N2. The van der Waals surface area contributed by atoms with Crippen LogP contribution in [-0.2, 0) is 0 Å². The molecule has 0 bridgehead atoms. The standard InChI is InChI=1S/C13H26N2/c1-15(13-7-8-13)10-9-14-11-12-5-3-2-4-6-12/h12-14H,2-11H2,1H3. The summed E-state index contributed by atoms with van der Waals surface area (Å²) in [6.45, 7) is 3.68. The molecule has 1 N–H and O–H groups in total. The van der Waals surface area contributed by atoms with Gasteiger partial charge in [0.2, 0.25) is 0 Å². The molecule has 2 aliphatic carbocycles. The quantitative estimate of drug-likeness (QED) is 0.676. The maximum absolute atomic E-state index is 3.63. The van der Waals surface area contributed by atoms with E-state index < -0.39 is 0 Å². The first-order valence-corrected chi connectivity index (χ1v) is 6.77. The summed E-state index contributed by atoms with van der Waals surface area (Å²) in [4.78, 5) is 2.51. The summed E-state index contributed by atoms with van der Waals surface area (Å²) >= 11 is 0. The average molecular weight is 210 g/mol. The summed E-state index contributed by atoms with van der Waals surface area (Å²) in [6, 6.07) is 0.918. The lowest BCUT2D eigenvalue weighted by atomic mass is 9.89. The third-order valence-corrected chi connectivity index (χ3v) is 3.97.